The molecule has 0 spiro atoms. The van der Waals surface area contributed by atoms with Crippen LogP contribution in [-0.2, 0) is 28.7 Å². The molecular formula is C12H14BNO6S. The zero-order chi connectivity index (χ0) is 15.6. The quantitative estimate of drug-likeness (QED) is 0.635. The predicted molar refractivity (Wildman–Crippen MR) is 74.6 cm³/mol. The third-order valence-corrected chi connectivity index (χ3v) is 3.98. The van der Waals surface area contributed by atoms with E-state index in [4.69, 9.17) is 9.31 Å². The molecule has 0 unspecified atom stereocenters. The second kappa shape index (κ2) is 5.86. The van der Waals surface area contributed by atoms with Crippen molar-refractivity contribution in [2.75, 3.05) is 26.4 Å². The lowest BCUT2D eigenvalue weighted by molar-refractivity contribution is -0.145. The molecule has 1 aliphatic rings. The van der Waals surface area contributed by atoms with Crippen molar-refractivity contribution in [3.05, 3.63) is 24.3 Å². The van der Waals surface area contributed by atoms with E-state index in [0.29, 0.717) is 5.46 Å². The van der Waals surface area contributed by atoms with E-state index >= 15 is 0 Å². The van der Waals surface area contributed by atoms with Crippen LogP contribution in [0.5, 0.6) is 0 Å². The molecule has 1 saturated heterocycles. The lowest BCUT2D eigenvalue weighted by atomic mass is 9.78. The monoisotopic (exact) mass is 311 g/mol. The lowest BCUT2D eigenvalue weighted by Gasteiger charge is -2.22. The Hall–Kier alpha value is -1.87. The highest BCUT2D eigenvalue weighted by molar-refractivity contribution is 7.90. The first kappa shape index (κ1) is 15.5. The molecule has 1 heterocycles. The van der Waals surface area contributed by atoms with Crippen LogP contribution in [0.4, 0.5) is 0 Å². The van der Waals surface area contributed by atoms with E-state index in [1.54, 1.807) is 7.05 Å². The molecular weight excluding hydrogens is 297 g/mol. The molecule has 0 N–H and O–H groups in total. The smallest absolute Gasteiger partial charge is 0.494 e. The van der Waals surface area contributed by atoms with Crippen molar-refractivity contribution < 1.29 is 27.3 Å². The van der Waals surface area contributed by atoms with Crippen LogP contribution < -0.4 is 5.46 Å². The Morgan fingerprint density at radius 2 is 1.52 bits per heavy atom. The standard InChI is InChI=1S/C12H14BNO6S/c1-14-7-11(15)19-13(20-12(16)8-14)9-3-5-10(6-4-9)21(2,17)18/h3-6H,7-8H2,1-2H3. The Balaban J connectivity index is 2.23. The Labute approximate surface area is 122 Å². The first-order valence-corrected chi connectivity index (χ1v) is 8.02. The Kier molecular flexibility index (Phi) is 4.33. The van der Waals surface area contributed by atoms with Crippen molar-refractivity contribution in [2.45, 2.75) is 4.90 Å². The minimum Gasteiger partial charge on any atom is -0.494 e. The molecule has 1 fully saturated rings. The summed E-state index contributed by atoms with van der Waals surface area (Å²) in [4.78, 5) is 24.8. The normalized spacial score (nSPS) is 17.7. The van der Waals surface area contributed by atoms with E-state index in [0.717, 1.165) is 6.26 Å². The van der Waals surface area contributed by atoms with E-state index in [2.05, 4.69) is 0 Å². The number of nitrogens with zero attached hydrogens (tertiary/aromatic N) is 1. The van der Waals surface area contributed by atoms with Crippen molar-refractivity contribution >= 4 is 34.4 Å². The SMILES string of the molecule is CN1CC(=O)OB(c2ccc(S(C)(=O)=O)cc2)OC(=O)C1. The van der Waals surface area contributed by atoms with E-state index in [1.165, 1.54) is 29.2 Å². The van der Waals surface area contributed by atoms with Gasteiger partial charge in [0.15, 0.2) is 9.84 Å². The molecule has 112 valence electrons. The van der Waals surface area contributed by atoms with Gasteiger partial charge in [0.05, 0.1) is 18.0 Å². The fraction of sp³-hybridized carbons (Fsp3) is 0.333. The zero-order valence-electron chi connectivity index (χ0n) is 11.6. The zero-order valence-corrected chi connectivity index (χ0v) is 12.4. The second-order valence-electron chi connectivity index (χ2n) is 4.83. The highest BCUT2D eigenvalue weighted by Crippen LogP contribution is 2.08. The van der Waals surface area contributed by atoms with Crippen LogP contribution in [0.25, 0.3) is 0 Å². The van der Waals surface area contributed by atoms with Gasteiger partial charge in [0.1, 0.15) is 0 Å². The molecule has 9 heteroatoms. The molecule has 0 amide bonds. The number of carbonyl (C=O) groups is 2. The maximum atomic E-state index is 11.6. The second-order valence-corrected chi connectivity index (χ2v) is 6.84. The minimum absolute atomic E-state index is 0.0208. The Bertz CT molecular complexity index is 637. The molecule has 0 aromatic heterocycles. The highest BCUT2D eigenvalue weighted by Gasteiger charge is 2.33. The number of benzene rings is 1. The van der Waals surface area contributed by atoms with Crippen LogP contribution in [-0.4, -0.2) is 58.8 Å². The summed E-state index contributed by atoms with van der Waals surface area (Å²) >= 11 is 0. The summed E-state index contributed by atoms with van der Waals surface area (Å²) < 4.78 is 32.9. The van der Waals surface area contributed by atoms with E-state index in [1.807, 2.05) is 0 Å². The third-order valence-electron chi connectivity index (χ3n) is 2.86. The van der Waals surface area contributed by atoms with Crippen molar-refractivity contribution in [1.29, 1.82) is 0 Å². The average Bonchev–Trinajstić information content (AvgIpc) is 2.35. The topological polar surface area (TPSA) is 90.0 Å². The molecule has 0 atom stereocenters. The number of likely N-dealkylation sites (N-methyl/N-ethyl adjacent to an activating group) is 1. The van der Waals surface area contributed by atoms with Gasteiger partial charge in [-0.25, -0.2) is 8.42 Å². The number of sulfone groups is 1. The van der Waals surface area contributed by atoms with Gasteiger partial charge < -0.3 is 9.31 Å². The van der Waals surface area contributed by atoms with Gasteiger partial charge in [0.2, 0.25) is 0 Å². The van der Waals surface area contributed by atoms with Crippen molar-refractivity contribution in [3.63, 3.8) is 0 Å². The van der Waals surface area contributed by atoms with Crippen LogP contribution in [0.1, 0.15) is 0 Å². The molecule has 0 radical (unpaired) electrons. The summed E-state index contributed by atoms with van der Waals surface area (Å²) in [6, 6.07) is 5.65. The van der Waals surface area contributed by atoms with Crippen LogP contribution in [0.3, 0.4) is 0 Å². The highest BCUT2D eigenvalue weighted by atomic mass is 32.2. The van der Waals surface area contributed by atoms with Gasteiger partial charge in [0, 0.05) is 11.7 Å². The van der Waals surface area contributed by atoms with E-state index < -0.39 is 28.9 Å². The van der Waals surface area contributed by atoms with Gasteiger partial charge in [-0.1, -0.05) is 12.1 Å². The molecule has 7 nitrogen and oxygen atoms in total. The van der Waals surface area contributed by atoms with Gasteiger partial charge in [-0.15, -0.1) is 0 Å². The van der Waals surface area contributed by atoms with Gasteiger partial charge in [-0.05, 0) is 19.2 Å². The number of rotatable bonds is 2. The number of hydrogen-bond acceptors (Lipinski definition) is 7. The molecule has 0 saturated carbocycles. The molecule has 0 aliphatic carbocycles. The fourth-order valence-electron chi connectivity index (χ4n) is 1.84. The average molecular weight is 311 g/mol. The molecule has 2 rings (SSSR count). The minimum atomic E-state index is -3.31. The Morgan fingerprint density at radius 1 is 1.05 bits per heavy atom. The van der Waals surface area contributed by atoms with Crippen LogP contribution >= 0.6 is 0 Å². The number of hydrogen-bond donors (Lipinski definition) is 0. The summed E-state index contributed by atoms with van der Waals surface area (Å²) in [6.45, 7) is -0.0416. The summed E-state index contributed by atoms with van der Waals surface area (Å²) in [6.07, 6.45) is 1.09. The van der Waals surface area contributed by atoms with Crippen molar-refractivity contribution in [2.24, 2.45) is 0 Å². The van der Waals surface area contributed by atoms with Gasteiger partial charge in [0.25, 0.3) is 0 Å². The lowest BCUT2D eigenvalue weighted by Crippen LogP contribution is -2.47. The molecule has 21 heavy (non-hydrogen) atoms. The summed E-state index contributed by atoms with van der Waals surface area (Å²) in [7, 11) is -2.87. The van der Waals surface area contributed by atoms with Crippen molar-refractivity contribution in [3.8, 4) is 0 Å². The summed E-state index contributed by atoms with van der Waals surface area (Å²) in [5.74, 6) is -1.05. The van der Waals surface area contributed by atoms with E-state index in [-0.39, 0.29) is 18.0 Å². The fourth-order valence-corrected chi connectivity index (χ4v) is 2.47. The molecule has 1 aliphatic heterocycles. The van der Waals surface area contributed by atoms with Crippen LogP contribution in [0.2, 0.25) is 0 Å². The largest absolute Gasteiger partial charge is 0.636 e. The molecule has 0 bridgehead atoms. The summed E-state index contributed by atoms with van der Waals surface area (Å²) in [5.41, 5.74) is 0.397. The molecule has 1 aromatic carbocycles. The van der Waals surface area contributed by atoms with Gasteiger partial charge >= 0.3 is 19.1 Å². The predicted octanol–water partition coefficient (Wildman–Crippen LogP) is -1.18. The third kappa shape index (κ3) is 4.05. The van der Waals surface area contributed by atoms with Crippen molar-refractivity contribution in [1.82, 2.24) is 4.90 Å². The maximum absolute atomic E-state index is 11.6. The van der Waals surface area contributed by atoms with E-state index in [9.17, 15) is 18.0 Å². The number of carbonyl (C=O) groups excluding carboxylic acids is 2. The maximum Gasteiger partial charge on any atom is 0.636 e. The van der Waals surface area contributed by atoms with Gasteiger partial charge in [-0.3, -0.25) is 14.5 Å². The van der Waals surface area contributed by atoms with Gasteiger partial charge in [-0.2, -0.15) is 0 Å². The van der Waals surface area contributed by atoms with Crippen LogP contribution in [0.15, 0.2) is 29.2 Å². The first-order valence-electron chi connectivity index (χ1n) is 6.13. The molecule has 1 aromatic rings. The Morgan fingerprint density at radius 3 is 1.95 bits per heavy atom. The summed E-state index contributed by atoms with van der Waals surface area (Å²) in [5, 5.41) is 0. The van der Waals surface area contributed by atoms with Crippen LogP contribution in [0, 0.1) is 0 Å². The first-order chi connectivity index (χ1) is 9.75.